The molecular formula is C25H25NO3S. The van der Waals surface area contributed by atoms with E-state index in [0.717, 1.165) is 29.5 Å². The average molecular weight is 420 g/mol. The zero-order valence-electron chi connectivity index (χ0n) is 17.0. The molecular weight excluding hydrogens is 394 g/mol. The van der Waals surface area contributed by atoms with Crippen LogP contribution in [-0.2, 0) is 20.7 Å². The maximum atomic E-state index is 12.6. The van der Waals surface area contributed by atoms with Crippen molar-refractivity contribution in [2.45, 2.75) is 43.2 Å². The van der Waals surface area contributed by atoms with E-state index in [-0.39, 0.29) is 23.7 Å². The van der Waals surface area contributed by atoms with Gasteiger partial charge >= 0.3 is 5.97 Å². The van der Waals surface area contributed by atoms with E-state index in [1.165, 1.54) is 28.3 Å². The quantitative estimate of drug-likeness (QED) is 0.448. The average Bonchev–Trinajstić information content (AvgIpc) is 2.77. The predicted octanol–water partition coefficient (Wildman–Crippen LogP) is 5.06. The van der Waals surface area contributed by atoms with Crippen LogP contribution in [0.5, 0.6) is 0 Å². The summed E-state index contributed by atoms with van der Waals surface area (Å²) in [6.45, 7) is 1.63. The van der Waals surface area contributed by atoms with Gasteiger partial charge in [0.1, 0.15) is 0 Å². The Morgan fingerprint density at radius 2 is 1.83 bits per heavy atom. The number of benzene rings is 3. The van der Waals surface area contributed by atoms with Crippen molar-refractivity contribution in [3.8, 4) is 0 Å². The minimum Gasteiger partial charge on any atom is -0.452 e. The molecule has 4 nitrogen and oxygen atoms in total. The number of carbonyl (C=O) groups excluding carboxylic acids is 2. The maximum Gasteiger partial charge on any atom is 0.317 e. The Morgan fingerprint density at radius 1 is 1.07 bits per heavy atom. The molecule has 2 atom stereocenters. The first-order valence-electron chi connectivity index (χ1n) is 10.3. The van der Waals surface area contributed by atoms with Crippen molar-refractivity contribution in [1.29, 1.82) is 0 Å². The standard InChI is InChI=1S/C25H25NO3S/c1-17(25(28)26-23-12-6-10-19-8-4-5-11-22(19)23)29-24(27)16-30-21-14-13-18-7-2-3-9-20(18)15-21/h2-5,7-9,11,13-15,17,23H,6,10,12,16H2,1H3,(H,26,28)/t17-,23-/m1/s1. The van der Waals surface area contributed by atoms with E-state index in [1.54, 1.807) is 6.92 Å². The van der Waals surface area contributed by atoms with E-state index in [4.69, 9.17) is 4.74 Å². The molecule has 154 valence electrons. The highest BCUT2D eigenvalue weighted by Crippen LogP contribution is 2.29. The number of ether oxygens (including phenoxy) is 1. The highest BCUT2D eigenvalue weighted by atomic mass is 32.2. The number of aryl methyl sites for hydroxylation is 1. The Balaban J connectivity index is 1.29. The molecule has 5 heteroatoms. The lowest BCUT2D eigenvalue weighted by Crippen LogP contribution is -2.39. The van der Waals surface area contributed by atoms with E-state index >= 15 is 0 Å². The van der Waals surface area contributed by atoms with Gasteiger partial charge in [0.05, 0.1) is 11.8 Å². The number of rotatable bonds is 6. The van der Waals surface area contributed by atoms with E-state index in [9.17, 15) is 9.59 Å². The Kier molecular flexibility index (Phi) is 6.38. The lowest BCUT2D eigenvalue weighted by Gasteiger charge is -2.27. The van der Waals surface area contributed by atoms with Crippen molar-refractivity contribution >= 4 is 34.4 Å². The van der Waals surface area contributed by atoms with Crippen LogP contribution in [0.3, 0.4) is 0 Å². The van der Waals surface area contributed by atoms with Crippen LogP contribution in [0.2, 0.25) is 0 Å². The lowest BCUT2D eigenvalue weighted by atomic mass is 9.87. The van der Waals surface area contributed by atoms with Gasteiger partial charge < -0.3 is 10.1 Å². The molecule has 0 unspecified atom stereocenters. The summed E-state index contributed by atoms with van der Waals surface area (Å²) in [6.07, 6.45) is 2.17. The summed E-state index contributed by atoms with van der Waals surface area (Å²) in [4.78, 5) is 25.8. The van der Waals surface area contributed by atoms with Gasteiger partial charge in [-0.2, -0.15) is 0 Å². The van der Waals surface area contributed by atoms with Gasteiger partial charge in [0.2, 0.25) is 0 Å². The first kappa shape index (κ1) is 20.5. The van der Waals surface area contributed by atoms with Gasteiger partial charge in [0.15, 0.2) is 6.10 Å². The minimum atomic E-state index is -0.816. The minimum absolute atomic E-state index is 0.0180. The van der Waals surface area contributed by atoms with Crippen LogP contribution < -0.4 is 5.32 Å². The van der Waals surface area contributed by atoms with Crippen LogP contribution in [0.15, 0.2) is 71.6 Å². The number of hydrogen-bond donors (Lipinski definition) is 1. The molecule has 30 heavy (non-hydrogen) atoms. The van der Waals surface area contributed by atoms with E-state index < -0.39 is 6.10 Å². The van der Waals surface area contributed by atoms with Gasteiger partial charge in [0, 0.05) is 4.90 Å². The van der Waals surface area contributed by atoms with Crippen molar-refractivity contribution in [2.75, 3.05) is 5.75 Å². The van der Waals surface area contributed by atoms with E-state index in [0.29, 0.717) is 0 Å². The highest BCUT2D eigenvalue weighted by molar-refractivity contribution is 8.00. The van der Waals surface area contributed by atoms with E-state index in [1.807, 2.05) is 42.5 Å². The zero-order valence-corrected chi connectivity index (χ0v) is 17.8. The summed E-state index contributed by atoms with van der Waals surface area (Å²) in [5.74, 6) is -0.469. The highest BCUT2D eigenvalue weighted by Gasteiger charge is 2.25. The monoisotopic (exact) mass is 419 g/mol. The van der Waals surface area contributed by atoms with Crippen molar-refractivity contribution in [1.82, 2.24) is 5.32 Å². The first-order valence-corrected chi connectivity index (χ1v) is 11.3. The molecule has 3 aromatic carbocycles. The molecule has 0 heterocycles. The molecule has 0 aliphatic heterocycles. The number of esters is 1. The van der Waals surface area contributed by atoms with Gasteiger partial charge in [-0.3, -0.25) is 9.59 Å². The summed E-state index contributed by atoms with van der Waals surface area (Å²) in [6, 6.07) is 22.4. The maximum absolute atomic E-state index is 12.6. The second kappa shape index (κ2) is 9.35. The Bertz CT molecular complexity index is 1060. The van der Waals surface area contributed by atoms with Gasteiger partial charge in [-0.15, -0.1) is 11.8 Å². The fourth-order valence-corrected chi connectivity index (χ4v) is 4.60. The fourth-order valence-electron chi connectivity index (χ4n) is 3.88. The Morgan fingerprint density at radius 3 is 2.70 bits per heavy atom. The number of nitrogens with one attached hydrogen (secondary N) is 1. The van der Waals surface area contributed by atoms with Crippen molar-refractivity contribution < 1.29 is 14.3 Å². The molecule has 0 radical (unpaired) electrons. The third kappa shape index (κ3) is 4.85. The summed E-state index contributed by atoms with van der Waals surface area (Å²) in [5.41, 5.74) is 2.45. The van der Waals surface area contributed by atoms with Crippen molar-refractivity contribution in [2.24, 2.45) is 0 Å². The van der Waals surface area contributed by atoms with Crippen LogP contribution in [0.1, 0.15) is 36.9 Å². The summed E-state index contributed by atoms with van der Waals surface area (Å²) >= 11 is 1.42. The van der Waals surface area contributed by atoms with Gasteiger partial charge in [-0.1, -0.05) is 54.6 Å². The van der Waals surface area contributed by atoms with E-state index in [2.05, 4.69) is 29.6 Å². The van der Waals surface area contributed by atoms with Crippen molar-refractivity contribution in [3.05, 3.63) is 77.9 Å². The zero-order chi connectivity index (χ0) is 20.9. The molecule has 0 spiro atoms. The fraction of sp³-hybridized carbons (Fsp3) is 0.280. The topological polar surface area (TPSA) is 55.4 Å². The van der Waals surface area contributed by atoms with Crippen LogP contribution >= 0.6 is 11.8 Å². The van der Waals surface area contributed by atoms with Crippen molar-refractivity contribution in [3.63, 3.8) is 0 Å². The molecule has 0 bridgehead atoms. The van der Waals surface area contributed by atoms with Crippen LogP contribution in [0.25, 0.3) is 10.8 Å². The number of fused-ring (bicyclic) bond motifs is 2. The molecule has 0 fully saturated rings. The van der Waals surface area contributed by atoms with Gasteiger partial charge in [0.25, 0.3) is 5.91 Å². The van der Waals surface area contributed by atoms with Crippen LogP contribution in [0, 0.1) is 0 Å². The molecule has 4 rings (SSSR count). The second-order valence-electron chi connectivity index (χ2n) is 7.58. The third-order valence-electron chi connectivity index (χ3n) is 5.44. The lowest BCUT2D eigenvalue weighted by molar-refractivity contribution is -0.152. The number of amides is 1. The Labute approximate surface area is 181 Å². The second-order valence-corrected chi connectivity index (χ2v) is 8.63. The van der Waals surface area contributed by atoms with Crippen LogP contribution in [-0.4, -0.2) is 23.7 Å². The SMILES string of the molecule is C[C@@H](OC(=O)CSc1ccc2ccccc2c1)C(=O)N[C@@H]1CCCc2ccccc21. The largest absolute Gasteiger partial charge is 0.452 e. The summed E-state index contributed by atoms with van der Waals surface area (Å²) < 4.78 is 5.38. The molecule has 0 saturated carbocycles. The van der Waals surface area contributed by atoms with Gasteiger partial charge in [-0.25, -0.2) is 0 Å². The smallest absolute Gasteiger partial charge is 0.317 e. The number of thioether (sulfide) groups is 1. The van der Waals surface area contributed by atoms with Crippen LogP contribution in [0.4, 0.5) is 0 Å². The molecule has 1 aliphatic rings. The molecule has 1 amide bonds. The predicted molar refractivity (Wildman–Crippen MR) is 120 cm³/mol. The molecule has 0 aromatic heterocycles. The third-order valence-corrected chi connectivity index (χ3v) is 6.41. The summed E-state index contributed by atoms with van der Waals surface area (Å²) in [5, 5.41) is 5.35. The number of carbonyl (C=O) groups is 2. The molecule has 3 aromatic rings. The molecule has 1 aliphatic carbocycles. The number of hydrogen-bond acceptors (Lipinski definition) is 4. The molecule has 1 N–H and O–H groups in total. The summed E-state index contributed by atoms with van der Waals surface area (Å²) in [7, 11) is 0. The first-order chi connectivity index (χ1) is 14.6. The Hall–Kier alpha value is -2.79. The molecule has 0 saturated heterocycles. The normalized spacial score (nSPS) is 16.5. The van der Waals surface area contributed by atoms with Gasteiger partial charge in [-0.05, 0) is 60.2 Å².